The minimum absolute atomic E-state index is 0.0191. The molecule has 9 heteroatoms. The third-order valence-corrected chi connectivity index (χ3v) is 6.08. The first-order valence-corrected chi connectivity index (χ1v) is 10.6. The Balaban J connectivity index is 2.07. The van der Waals surface area contributed by atoms with E-state index in [2.05, 4.69) is 5.32 Å². The predicted molar refractivity (Wildman–Crippen MR) is 88.8 cm³/mol. The van der Waals surface area contributed by atoms with E-state index in [0.29, 0.717) is 18.2 Å². The maximum Gasteiger partial charge on any atom is 0.251 e. The van der Waals surface area contributed by atoms with Crippen molar-refractivity contribution in [3.05, 3.63) is 0 Å². The lowest BCUT2D eigenvalue weighted by molar-refractivity contribution is -0.129. The zero-order valence-corrected chi connectivity index (χ0v) is 14.7. The van der Waals surface area contributed by atoms with Crippen molar-refractivity contribution in [3.8, 4) is 0 Å². The molecule has 2 heterocycles. The van der Waals surface area contributed by atoms with Gasteiger partial charge in [0.1, 0.15) is 6.04 Å². The SMILES string of the molecule is CSCC[C@@H]1NC(=S)N([C@@H]2CCCN(S(C)(=O)=O)C2)C1=O. The first kappa shape index (κ1) is 17.0. The molecule has 1 amide bonds. The fourth-order valence-corrected chi connectivity index (χ4v) is 4.51. The Morgan fingerprint density at radius 2 is 2.19 bits per heavy atom. The van der Waals surface area contributed by atoms with Crippen LogP contribution in [0, 0.1) is 0 Å². The number of hydrogen-bond donors (Lipinski definition) is 1. The first-order chi connectivity index (χ1) is 9.84. The molecule has 0 aromatic rings. The Morgan fingerprint density at radius 3 is 2.81 bits per heavy atom. The lowest BCUT2D eigenvalue weighted by Crippen LogP contribution is -2.51. The summed E-state index contributed by atoms with van der Waals surface area (Å²) in [5.41, 5.74) is 0. The van der Waals surface area contributed by atoms with Crippen LogP contribution in [0.5, 0.6) is 0 Å². The summed E-state index contributed by atoms with van der Waals surface area (Å²) >= 11 is 6.97. The lowest BCUT2D eigenvalue weighted by atomic mass is 10.1. The second kappa shape index (κ2) is 6.80. The van der Waals surface area contributed by atoms with Gasteiger partial charge in [-0.05, 0) is 43.5 Å². The number of hydrogen-bond acceptors (Lipinski definition) is 5. The van der Waals surface area contributed by atoms with Gasteiger partial charge in [0.2, 0.25) is 10.0 Å². The van der Waals surface area contributed by atoms with Crippen LogP contribution < -0.4 is 5.32 Å². The summed E-state index contributed by atoms with van der Waals surface area (Å²) in [6, 6.07) is -0.418. The number of carbonyl (C=O) groups excluding carboxylic acids is 1. The third-order valence-electron chi connectivity index (χ3n) is 3.86. The van der Waals surface area contributed by atoms with Crippen LogP contribution in [0.15, 0.2) is 0 Å². The van der Waals surface area contributed by atoms with Gasteiger partial charge in [0.25, 0.3) is 5.91 Å². The summed E-state index contributed by atoms with van der Waals surface area (Å²) in [6.45, 7) is 0.856. The molecule has 2 rings (SSSR count). The number of piperidine rings is 1. The van der Waals surface area contributed by atoms with Crippen molar-refractivity contribution in [2.45, 2.75) is 31.3 Å². The lowest BCUT2D eigenvalue weighted by Gasteiger charge is -2.35. The molecule has 1 N–H and O–H groups in total. The Labute approximate surface area is 135 Å². The normalized spacial score (nSPS) is 28.0. The first-order valence-electron chi connectivity index (χ1n) is 6.92. The highest BCUT2D eigenvalue weighted by Gasteiger charge is 2.41. The maximum atomic E-state index is 12.5. The van der Waals surface area contributed by atoms with Crippen LogP contribution in [0.4, 0.5) is 0 Å². The van der Waals surface area contributed by atoms with Gasteiger partial charge in [-0.3, -0.25) is 9.69 Å². The van der Waals surface area contributed by atoms with Crippen molar-refractivity contribution >= 4 is 45.0 Å². The van der Waals surface area contributed by atoms with Crippen LogP contribution in [-0.4, -0.2) is 72.1 Å². The van der Waals surface area contributed by atoms with Gasteiger partial charge in [0.15, 0.2) is 5.11 Å². The number of sulfonamides is 1. The van der Waals surface area contributed by atoms with Gasteiger partial charge in [-0.25, -0.2) is 12.7 Å². The molecule has 0 spiro atoms. The van der Waals surface area contributed by atoms with Crippen molar-refractivity contribution < 1.29 is 13.2 Å². The molecule has 0 aromatic heterocycles. The zero-order valence-electron chi connectivity index (χ0n) is 12.2. The fraction of sp³-hybridized carbons (Fsp3) is 0.833. The smallest absolute Gasteiger partial charge is 0.251 e. The topological polar surface area (TPSA) is 69.7 Å². The number of carbonyl (C=O) groups is 1. The molecular formula is C12H21N3O3S3. The molecule has 0 saturated carbocycles. The Kier molecular flexibility index (Phi) is 5.50. The highest BCUT2D eigenvalue weighted by Crippen LogP contribution is 2.22. The highest BCUT2D eigenvalue weighted by molar-refractivity contribution is 7.98. The quantitative estimate of drug-likeness (QED) is 0.716. The number of rotatable bonds is 5. The van der Waals surface area contributed by atoms with Gasteiger partial charge >= 0.3 is 0 Å². The second-order valence-corrected chi connectivity index (χ2v) is 8.76. The van der Waals surface area contributed by atoms with E-state index >= 15 is 0 Å². The predicted octanol–water partition coefficient (Wildman–Crippen LogP) is 0.249. The molecule has 120 valence electrons. The van der Waals surface area contributed by atoms with E-state index in [1.165, 1.54) is 10.6 Å². The van der Waals surface area contributed by atoms with Gasteiger partial charge in [-0.15, -0.1) is 0 Å². The molecule has 0 aliphatic carbocycles. The van der Waals surface area contributed by atoms with E-state index in [-0.39, 0.29) is 18.0 Å². The number of nitrogens with zero attached hydrogens (tertiary/aromatic N) is 2. The summed E-state index contributed by atoms with van der Waals surface area (Å²) in [5, 5.41) is 3.50. The summed E-state index contributed by atoms with van der Waals surface area (Å²) in [5.74, 6) is 0.870. The van der Waals surface area contributed by atoms with Gasteiger partial charge in [-0.1, -0.05) is 0 Å². The minimum atomic E-state index is -3.22. The van der Waals surface area contributed by atoms with Crippen LogP contribution >= 0.6 is 24.0 Å². The molecule has 2 atom stereocenters. The Morgan fingerprint density at radius 1 is 1.48 bits per heavy atom. The highest BCUT2D eigenvalue weighted by atomic mass is 32.2. The largest absolute Gasteiger partial charge is 0.350 e. The molecule has 0 radical (unpaired) electrons. The summed E-state index contributed by atoms with van der Waals surface area (Å²) < 4.78 is 24.8. The summed E-state index contributed by atoms with van der Waals surface area (Å²) in [4.78, 5) is 14.1. The molecule has 6 nitrogen and oxygen atoms in total. The standard InChI is InChI=1S/C12H21N3O3S3/c1-20-7-5-10-11(16)15(12(19)13-10)9-4-3-6-14(8-9)21(2,17)18/h9-10H,3-8H2,1-2H3,(H,13,19)/t9-,10+/m1/s1. The molecule has 2 aliphatic heterocycles. The van der Waals surface area contributed by atoms with Crippen molar-refractivity contribution in [2.24, 2.45) is 0 Å². The Bertz CT molecular complexity index is 523. The maximum absolute atomic E-state index is 12.5. The summed E-state index contributed by atoms with van der Waals surface area (Å²) in [6.07, 6.45) is 5.48. The van der Waals surface area contributed by atoms with Crippen LogP contribution in [-0.2, 0) is 14.8 Å². The van der Waals surface area contributed by atoms with Crippen LogP contribution in [0.25, 0.3) is 0 Å². The van der Waals surface area contributed by atoms with E-state index in [0.717, 1.165) is 25.0 Å². The molecule has 0 aromatic carbocycles. The van der Waals surface area contributed by atoms with Crippen molar-refractivity contribution in [1.82, 2.24) is 14.5 Å². The Hall–Kier alpha value is -0.380. The average molecular weight is 352 g/mol. The average Bonchev–Trinajstić information content (AvgIpc) is 2.70. The fourth-order valence-electron chi connectivity index (χ4n) is 2.76. The minimum Gasteiger partial charge on any atom is -0.350 e. The number of thioether (sulfide) groups is 1. The number of thiocarbonyl (C=S) groups is 1. The van der Waals surface area contributed by atoms with Gasteiger partial charge in [0, 0.05) is 13.1 Å². The zero-order chi connectivity index (χ0) is 15.6. The van der Waals surface area contributed by atoms with E-state index in [9.17, 15) is 13.2 Å². The number of nitrogens with one attached hydrogen (secondary N) is 1. The van der Waals surface area contributed by atoms with Gasteiger partial charge in [0.05, 0.1) is 12.3 Å². The molecule has 2 aliphatic rings. The molecule has 0 unspecified atom stereocenters. The van der Waals surface area contributed by atoms with Crippen LogP contribution in [0.1, 0.15) is 19.3 Å². The molecule has 21 heavy (non-hydrogen) atoms. The van der Waals surface area contributed by atoms with Crippen LogP contribution in [0.3, 0.4) is 0 Å². The molecular weight excluding hydrogens is 330 g/mol. The molecule has 2 saturated heterocycles. The van der Waals surface area contributed by atoms with E-state index < -0.39 is 10.0 Å². The molecule has 2 fully saturated rings. The summed E-state index contributed by atoms with van der Waals surface area (Å²) in [7, 11) is -3.22. The van der Waals surface area contributed by atoms with E-state index in [1.807, 2.05) is 6.26 Å². The van der Waals surface area contributed by atoms with Crippen molar-refractivity contribution in [1.29, 1.82) is 0 Å². The number of amides is 1. The van der Waals surface area contributed by atoms with Crippen LogP contribution in [0.2, 0.25) is 0 Å². The van der Waals surface area contributed by atoms with E-state index in [1.54, 1.807) is 16.7 Å². The second-order valence-electron chi connectivity index (χ2n) is 5.41. The van der Waals surface area contributed by atoms with E-state index in [4.69, 9.17) is 12.2 Å². The third kappa shape index (κ3) is 3.88. The van der Waals surface area contributed by atoms with Crippen molar-refractivity contribution in [3.63, 3.8) is 0 Å². The molecule has 0 bridgehead atoms. The monoisotopic (exact) mass is 351 g/mol. The van der Waals surface area contributed by atoms with Crippen molar-refractivity contribution in [2.75, 3.05) is 31.4 Å². The van der Waals surface area contributed by atoms with Gasteiger partial charge in [-0.2, -0.15) is 11.8 Å². The van der Waals surface area contributed by atoms with Gasteiger partial charge < -0.3 is 5.32 Å².